The lowest BCUT2D eigenvalue weighted by molar-refractivity contribution is -0.130. The highest BCUT2D eigenvalue weighted by Crippen LogP contribution is 2.21. The molecule has 1 aliphatic rings. The van der Waals surface area contributed by atoms with Crippen molar-refractivity contribution in [3.8, 4) is 0 Å². The van der Waals surface area contributed by atoms with Gasteiger partial charge in [0, 0.05) is 39.3 Å². The fourth-order valence-corrected chi connectivity index (χ4v) is 3.29. The molecule has 0 aromatic heterocycles. The smallest absolute Gasteiger partial charge is 0.241 e. The van der Waals surface area contributed by atoms with Gasteiger partial charge in [-0.15, -0.1) is 0 Å². The number of anilines is 1. The summed E-state index contributed by atoms with van der Waals surface area (Å²) in [5.74, 6) is 0.266. The molecular weight excluding hydrogens is 314 g/mol. The minimum atomic E-state index is 0.127. The van der Waals surface area contributed by atoms with E-state index >= 15 is 0 Å². The zero-order valence-electron chi connectivity index (χ0n) is 15.8. The summed E-state index contributed by atoms with van der Waals surface area (Å²) in [6.07, 6.45) is 7.20. The Morgan fingerprint density at radius 3 is 2.48 bits per heavy atom. The summed E-state index contributed by atoms with van der Waals surface area (Å²) < 4.78 is 0. The van der Waals surface area contributed by atoms with Crippen LogP contribution in [0, 0.1) is 0 Å². The van der Waals surface area contributed by atoms with Crippen LogP contribution >= 0.6 is 0 Å². The molecule has 2 rings (SSSR count). The zero-order valence-corrected chi connectivity index (χ0v) is 15.8. The molecule has 1 fully saturated rings. The molecular formula is C20H31N3O2. The topological polar surface area (TPSA) is 52.7 Å². The van der Waals surface area contributed by atoms with Gasteiger partial charge in [0.1, 0.15) is 0 Å². The average Bonchev–Trinajstić information content (AvgIpc) is 2.64. The van der Waals surface area contributed by atoms with Gasteiger partial charge in [-0.2, -0.15) is 0 Å². The Morgan fingerprint density at radius 1 is 1.08 bits per heavy atom. The van der Waals surface area contributed by atoms with E-state index in [2.05, 4.69) is 5.32 Å². The van der Waals surface area contributed by atoms with Crippen LogP contribution in [0.3, 0.4) is 0 Å². The Kier molecular flexibility index (Phi) is 7.29. The lowest BCUT2D eigenvalue weighted by Crippen LogP contribution is -2.41. The SMILES string of the molecule is CN(C)C(=O)CCc1cccc(NCC(=O)N(C)C2CCCCC2)c1. The third-order valence-corrected chi connectivity index (χ3v) is 5.01. The average molecular weight is 345 g/mol. The molecule has 2 amide bonds. The number of rotatable bonds is 7. The van der Waals surface area contributed by atoms with Crippen molar-refractivity contribution in [2.75, 3.05) is 33.0 Å². The molecule has 5 heteroatoms. The van der Waals surface area contributed by atoms with Crippen molar-refractivity contribution >= 4 is 17.5 Å². The van der Waals surface area contributed by atoms with Crippen molar-refractivity contribution in [3.05, 3.63) is 29.8 Å². The summed E-state index contributed by atoms with van der Waals surface area (Å²) in [6, 6.07) is 8.37. The van der Waals surface area contributed by atoms with Gasteiger partial charge in [0.25, 0.3) is 0 Å². The monoisotopic (exact) mass is 345 g/mol. The summed E-state index contributed by atoms with van der Waals surface area (Å²) in [4.78, 5) is 27.6. The maximum Gasteiger partial charge on any atom is 0.241 e. The number of amides is 2. The fraction of sp³-hybridized carbons (Fsp3) is 0.600. The van der Waals surface area contributed by atoms with Crippen molar-refractivity contribution in [2.24, 2.45) is 0 Å². The number of carbonyl (C=O) groups excluding carboxylic acids is 2. The first-order valence-corrected chi connectivity index (χ1v) is 9.26. The second-order valence-electron chi connectivity index (χ2n) is 7.14. The Hall–Kier alpha value is -2.04. The highest BCUT2D eigenvalue weighted by atomic mass is 16.2. The second kappa shape index (κ2) is 9.44. The van der Waals surface area contributed by atoms with Gasteiger partial charge in [-0.05, 0) is 37.0 Å². The van der Waals surface area contributed by atoms with Crippen LogP contribution in [-0.4, -0.2) is 55.3 Å². The van der Waals surface area contributed by atoms with E-state index in [0.29, 0.717) is 25.4 Å². The van der Waals surface area contributed by atoms with Crippen LogP contribution < -0.4 is 5.32 Å². The Morgan fingerprint density at radius 2 is 1.80 bits per heavy atom. The van der Waals surface area contributed by atoms with Crippen LogP contribution in [-0.2, 0) is 16.0 Å². The number of nitrogens with zero attached hydrogens (tertiary/aromatic N) is 2. The van der Waals surface area contributed by atoms with E-state index in [4.69, 9.17) is 0 Å². The number of benzene rings is 1. The van der Waals surface area contributed by atoms with Crippen molar-refractivity contribution < 1.29 is 9.59 Å². The first-order valence-electron chi connectivity index (χ1n) is 9.26. The minimum Gasteiger partial charge on any atom is -0.376 e. The Balaban J connectivity index is 1.82. The van der Waals surface area contributed by atoms with Crippen molar-refractivity contribution in [2.45, 2.75) is 51.0 Å². The van der Waals surface area contributed by atoms with E-state index in [1.165, 1.54) is 19.3 Å². The number of hydrogen-bond donors (Lipinski definition) is 1. The number of aryl methyl sites for hydroxylation is 1. The first kappa shape index (κ1) is 19.3. The molecule has 0 atom stereocenters. The lowest BCUT2D eigenvalue weighted by Gasteiger charge is -2.31. The molecule has 25 heavy (non-hydrogen) atoms. The molecule has 1 aromatic carbocycles. The molecule has 0 radical (unpaired) electrons. The van der Waals surface area contributed by atoms with E-state index in [-0.39, 0.29) is 11.8 Å². The number of carbonyl (C=O) groups is 2. The van der Waals surface area contributed by atoms with Gasteiger partial charge in [0.2, 0.25) is 11.8 Å². The van der Waals surface area contributed by atoms with Gasteiger partial charge in [0.05, 0.1) is 6.54 Å². The standard InChI is InChI=1S/C20H31N3O2/c1-22(2)19(24)13-12-16-8-7-9-17(14-16)21-15-20(25)23(3)18-10-5-4-6-11-18/h7-9,14,18,21H,4-6,10-13,15H2,1-3H3. The Bertz CT molecular complexity index is 580. The van der Waals surface area contributed by atoms with Crippen LogP contribution in [0.4, 0.5) is 5.69 Å². The molecule has 0 spiro atoms. The molecule has 5 nitrogen and oxygen atoms in total. The molecule has 1 saturated carbocycles. The zero-order chi connectivity index (χ0) is 18.2. The molecule has 138 valence electrons. The molecule has 0 unspecified atom stereocenters. The molecule has 0 aliphatic heterocycles. The largest absolute Gasteiger partial charge is 0.376 e. The van der Waals surface area contributed by atoms with E-state index in [1.807, 2.05) is 36.2 Å². The second-order valence-corrected chi connectivity index (χ2v) is 7.14. The fourth-order valence-electron chi connectivity index (χ4n) is 3.29. The summed E-state index contributed by atoms with van der Waals surface area (Å²) in [5.41, 5.74) is 2.04. The van der Waals surface area contributed by atoms with Gasteiger partial charge in [-0.1, -0.05) is 31.4 Å². The highest BCUT2D eigenvalue weighted by molar-refractivity contribution is 5.81. The van der Waals surface area contributed by atoms with Gasteiger partial charge in [-0.25, -0.2) is 0 Å². The quantitative estimate of drug-likeness (QED) is 0.827. The van der Waals surface area contributed by atoms with Crippen molar-refractivity contribution in [3.63, 3.8) is 0 Å². The van der Waals surface area contributed by atoms with Crippen molar-refractivity contribution in [1.29, 1.82) is 0 Å². The summed E-state index contributed by atoms with van der Waals surface area (Å²) in [5, 5.41) is 3.23. The molecule has 1 aliphatic carbocycles. The minimum absolute atomic E-state index is 0.127. The van der Waals surface area contributed by atoms with E-state index < -0.39 is 0 Å². The predicted octanol–water partition coefficient (Wildman–Crippen LogP) is 2.91. The van der Waals surface area contributed by atoms with Gasteiger partial charge < -0.3 is 15.1 Å². The maximum absolute atomic E-state index is 12.4. The van der Waals surface area contributed by atoms with Crippen LogP contribution in [0.2, 0.25) is 0 Å². The van der Waals surface area contributed by atoms with Crippen LogP contribution in [0.15, 0.2) is 24.3 Å². The molecule has 1 aromatic rings. The van der Waals surface area contributed by atoms with Gasteiger partial charge in [-0.3, -0.25) is 9.59 Å². The number of likely N-dealkylation sites (N-methyl/N-ethyl adjacent to an activating group) is 1. The third-order valence-electron chi connectivity index (χ3n) is 5.01. The molecule has 0 saturated heterocycles. The lowest BCUT2D eigenvalue weighted by atomic mass is 9.94. The molecule has 0 heterocycles. The van der Waals surface area contributed by atoms with E-state index in [1.54, 1.807) is 19.0 Å². The Labute approximate surface area is 151 Å². The summed E-state index contributed by atoms with van der Waals surface area (Å²) in [7, 11) is 5.47. The molecule has 1 N–H and O–H groups in total. The third kappa shape index (κ3) is 6.07. The van der Waals surface area contributed by atoms with Crippen LogP contribution in [0.5, 0.6) is 0 Å². The predicted molar refractivity (Wildman–Crippen MR) is 102 cm³/mol. The maximum atomic E-state index is 12.4. The molecule has 0 bridgehead atoms. The van der Waals surface area contributed by atoms with Gasteiger partial charge >= 0.3 is 0 Å². The van der Waals surface area contributed by atoms with Crippen LogP contribution in [0.1, 0.15) is 44.1 Å². The van der Waals surface area contributed by atoms with Crippen molar-refractivity contribution in [1.82, 2.24) is 9.80 Å². The summed E-state index contributed by atoms with van der Waals surface area (Å²) >= 11 is 0. The first-order chi connectivity index (χ1) is 12.0. The number of nitrogens with one attached hydrogen (secondary N) is 1. The van der Waals surface area contributed by atoms with E-state index in [0.717, 1.165) is 24.1 Å². The normalized spacial score (nSPS) is 14.8. The highest BCUT2D eigenvalue weighted by Gasteiger charge is 2.21. The van der Waals surface area contributed by atoms with Gasteiger partial charge in [0.15, 0.2) is 0 Å². The van der Waals surface area contributed by atoms with E-state index in [9.17, 15) is 9.59 Å². The number of hydrogen-bond acceptors (Lipinski definition) is 3. The summed E-state index contributed by atoms with van der Waals surface area (Å²) in [6.45, 7) is 0.313. The van der Waals surface area contributed by atoms with Crippen LogP contribution in [0.25, 0.3) is 0 Å².